The van der Waals surface area contributed by atoms with Gasteiger partial charge in [0, 0.05) is 12.1 Å². The van der Waals surface area contributed by atoms with Gasteiger partial charge in [-0.05, 0) is 32.0 Å². The second kappa shape index (κ2) is 6.79. The molecule has 1 aromatic rings. The van der Waals surface area contributed by atoms with Crippen LogP contribution in [0.2, 0.25) is 10.0 Å². The van der Waals surface area contributed by atoms with Crippen LogP contribution >= 0.6 is 23.2 Å². The summed E-state index contributed by atoms with van der Waals surface area (Å²) in [5, 5.41) is 7.08. The van der Waals surface area contributed by atoms with Gasteiger partial charge in [-0.1, -0.05) is 48.5 Å². The van der Waals surface area contributed by atoms with Crippen molar-refractivity contribution in [3.8, 4) is 0 Å². The lowest BCUT2D eigenvalue weighted by Gasteiger charge is -2.37. The quantitative estimate of drug-likeness (QED) is 0.890. The minimum atomic E-state index is -0.169. The van der Waals surface area contributed by atoms with Crippen molar-refractivity contribution in [3.63, 3.8) is 0 Å². The standard InChI is InChI=1S/C15H20Cl2N2O/c1-18-15(8-3-2-4-9-15)10-19-14(20)11-6-5-7-12(16)13(11)17/h5-7,18H,2-4,8-10H2,1H3,(H,19,20). The molecular weight excluding hydrogens is 295 g/mol. The van der Waals surface area contributed by atoms with Crippen LogP contribution < -0.4 is 10.6 Å². The number of amides is 1. The Kier molecular flexibility index (Phi) is 5.30. The van der Waals surface area contributed by atoms with E-state index in [-0.39, 0.29) is 11.4 Å². The molecule has 5 heteroatoms. The smallest absolute Gasteiger partial charge is 0.252 e. The van der Waals surface area contributed by atoms with Crippen molar-refractivity contribution in [2.75, 3.05) is 13.6 Å². The average Bonchev–Trinajstić information content (AvgIpc) is 2.48. The number of carbonyl (C=O) groups is 1. The number of carbonyl (C=O) groups excluding carboxylic acids is 1. The van der Waals surface area contributed by atoms with Gasteiger partial charge in [0.2, 0.25) is 0 Å². The van der Waals surface area contributed by atoms with Crippen molar-refractivity contribution in [2.45, 2.75) is 37.6 Å². The molecule has 1 aliphatic rings. The first-order valence-corrected chi connectivity index (χ1v) is 7.75. The van der Waals surface area contributed by atoms with Gasteiger partial charge in [0.15, 0.2) is 0 Å². The maximum Gasteiger partial charge on any atom is 0.252 e. The first kappa shape index (κ1) is 15.6. The van der Waals surface area contributed by atoms with E-state index in [1.54, 1.807) is 18.2 Å². The topological polar surface area (TPSA) is 41.1 Å². The second-order valence-electron chi connectivity index (χ2n) is 5.38. The van der Waals surface area contributed by atoms with Crippen LogP contribution in [-0.4, -0.2) is 25.0 Å². The van der Waals surface area contributed by atoms with Crippen molar-refractivity contribution in [3.05, 3.63) is 33.8 Å². The van der Waals surface area contributed by atoms with Gasteiger partial charge in [-0.3, -0.25) is 4.79 Å². The molecule has 110 valence electrons. The molecule has 20 heavy (non-hydrogen) atoms. The minimum absolute atomic E-state index is 0.0129. The van der Waals surface area contributed by atoms with Gasteiger partial charge >= 0.3 is 0 Å². The van der Waals surface area contributed by atoms with Crippen LogP contribution in [0.4, 0.5) is 0 Å². The molecule has 0 heterocycles. The third kappa shape index (κ3) is 3.46. The fraction of sp³-hybridized carbons (Fsp3) is 0.533. The molecule has 0 unspecified atom stereocenters. The molecule has 1 saturated carbocycles. The molecular formula is C15H20Cl2N2O. The number of nitrogens with one attached hydrogen (secondary N) is 2. The molecule has 1 aromatic carbocycles. The zero-order valence-electron chi connectivity index (χ0n) is 11.6. The summed E-state index contributed by atoms with van der Waals surface area (Å²) in [7, 11) is 1.96. The van der Waals surface area contributed by atoms with E-state index >= 15 is 0 Å². The summed E-state index contributed by atoms with van der Waals surface area (Å²) in [5.41, 5.74) is 0.445. The fourth-order valence-electron chi connectivity index (χ4n) is 2.77. The number of likely N-dealkylation sites (N-methyl/N-ethyl adjacent to an activating group) is 1. The molecule has 0 radical (unpaired) electrons. The molecule has 0 saturated heterocycles. The van der Waals surface area contributed by atoms with Crippen molar-refractivity contribution in [1.29, 1.82) is 0 Å². The summed E-state index contributed by atoms with van der Waals surface area (Å²) in [6, 6.07) is 5.10. The van der Waals surface area contributed by atoms with E-state index in [1.165, 1.54) is 19.3 Å². The van der Waals surface area contributed by atoms with Crippen molar-refractivity contribution < 1.29 is 4.79 Å². The van der Waals surface area contributed by atoms with Gasteiger partial charge in [0.1, 0.15) is 0 Å². The summed E-state index contributed by atoms with van der Waals surface area (Å²) in [4.78, 5) is 12.2. The lowest BCUT2D eigenvalue weighted by Crippen LogP contribution is -2.53. The average molecular weight is 315 g/mol. The van der Waals surface area contributed by atoms with Crippen molar-refractivity contribution in [2.24, 2.45) is 0 Å². The monoisotopic (exact) mass is 314 g/mol. The predicted octanol–water partition coefficient (Wildman–Crippen LogP) is 3.65. The Morgan fingerprint density at radius 2 is 1.95 bits per heavy atom. The lowest BCUT2D eigenvalue weighted by atomic mass is 9.81. The van der Waals surface area contributed by atoms with E-state index in [1.807, 2.05) is 7.05 Å². The van der Waals surface area contributed by atoms with E-state index in [2.05, 4.69) is 10.6 Å². The molecule has 0 aliphatic heterocycles. The van der Waals surface area contributed by atoms with Gasteiger partial charge in [-0.2, -0.15) is 0 Å². The summed E-state index contributed by atoms with van der Waals surface area (Å²) in [6.45, 7) is 0.616. The summed E-state index contributed by atoms with van der Waals surface area (Å²) in [6.07, 6.45) is 5.86. The zero-order chi connectivity index (χ0) is 14.6. The molecule has 0 spiro atoms. The molecule has 1 aliphatic carbocycles. The van der Waals surface area contributed by atoms with Gasteiger partial charge in [-0.15, -0.1) is 0 Å². The Bertz CT molecular complexity index is 485. The zero-order valence-corrected chi connectivity index (χ0v) is 13.2. The molecule has 1 fully saturated rings. The van der Waals surface area contributed by atoms with E-state index in [0.29, 0.717) is 22.2 Å². The van der Waals surface area contributed by atoms with Crippen LogP contribution in [0.5, 0.6) is 0 Å². The van der Waals surface area contributed by atoms with Crippen LogP contribution in [0.3, 0.4) is 0 Å². The van der Waals surface area contributed by atoms with E-state index in [0.717, 1.165) is 12.8 Å². The molecule has 0 aromatic heterocycles. The Balaban J connectivity index is 2.02. The molecule has 2 N–H and O–H groups in total. The number of rotatable bonds is 4. The van der Waals surface area contributed by atoms with Gasteiger partial charge in [0.05, 0.1) is 15.6 Å². The van der Waals surface area contributed by atoms with Crippen LogP contribution in [0.15, 0.2) is 18.2 Å². The normalized spacial score (nSPS) is 17.8. The third-order valence-corrected chi connectivity index (χ3v) is 4.94. The predicted molar refractivity (Wildman–Crippen MR) is 83.7 cm³/mol. The molecule has 2 rings (SSSR count). The largest absolute Gasteiger partial charge is 0.350 e. The third-order valence-electron chi connectivity index (χ3n) is 4.12. The Labute approximate surface area is 130 Å². The SMILES string of the molecule is CNC1(CNC(=O)c2cccc(Cl)c2Cl)CCCCC1. The highest BCUT2D eigenvalue weighted by Gasteiger charge is 2.30. The van der Waals surface area contributed by atoms with Crippen LogP contribution in [0.25, 0.3) is 0 Å². The van der Waals surface area contributed by atoms with Crippen LogP contribution in [0, 0.1) is 0 Å². The molecule has 0 atom stereocenters. The van der Waals surface area contributed by atoms with Crippen molar-refractivity contribution >= 4 is 29.1 Å². The van der Waals surface area contributed by atoms with Crippen molar-refractivity contribution in [1.82, 2.24) is 10.6 Å². The number of benzene rings is 1. The highest BCUT2D eigenvalue weighted by Crippen LogP contribution is 2.28. The summed E-state index contributed by atoms with van der Waals surface area (Å²) < 4.78 is 0. The van der Waals surface area contributed by atoms with Crippen LogP contribution in [-0.2, 0) is 0 Å². The van der Waals surface area contributed by atoms with Gasteiger partial charge < -0.3 is 10.6 Å². The molecule has 0 bridgehead atoms. The summed E-state index contributed by atoms with van der Waals surface area (Å²) in [5.74, 6) is -0.169. The van der Waals surface area contributed by atoms with E-state index in [9.17, 15) is 4.79 Å². The highest BCUT2D eigenvalue weighted by atomic mass is 35.5. The van der Waals surface area contributed by atoms with E-state index < -0.39 is 0 Å². The van der Waals surface area contributed by atoms with Crippen LogP contribution in [0.1, 0.15) is 42.5 Å². The number of hydrogen-bond donors (Lipinski definition) is 2. The highest BCUT2D eigenvalue weighted by molar-refractivity contribution is 6.43. The maximum absolute atomic E-state index is 12.2. The summed E-state index contributed by atoms with van der Waals surface area (Å²) >= 11 is 12.0. The Hall–Kier alpha value is -0.770. The van der Waals surface area contributed by atoms with Gasteiger partial charge in [0.25, 0.3) is 5.91 Å². The maximum atomic E-state index is 12.2. The number of hydrogen-bond acceptors (Lipinski definition) is 2. The number of halogens is 2. The first-order chi connectivity index (χ1) is 9.58. The molecule has 1 amide bonds. The van der Waals surface area contributed by atoms with E-state index in [4.69, 9.17) is 23.2 Å². The molecule has 3 nitrogen and oxygen atoms in total. The minimum Gasteiger partial charge on any atom is -0.350 e. The fourth-order valence-corrected chi connectivity index (χ4v) is 3.15. The Morgan fingerprint density at radius 3 is 2.60 bits per heavy atom. The first-order valence-electron chi connectivity index (χ1n) is 6.99. The second-order valence-corrected chi connectivity index (χ2v) is 6.16. The Morgan fingerprint density at radius 1 is 1.25 bits per heavy atom. The lowest BCUT2D eigenvalue weighted by molar-refractivity contribution is 0.0931. The van der Waals surface area contributed by atoms with Gasteiger partial charge in [-0.25, -0.2) is 0 Å².